The van der Waals surface area contributed by atoms with Crippen molar-refractivity contribution >= 4 is 5.84 Å². The number of hydrogen-bond acceptors (Lipinski definition) is 4. The fraction of sp³-hybridized carbons (Fsp3) is 0.286. The van der Waals surface area contributed by atoms with Gasteiger partial charge < -0.3 is 16.3 Å². The minimum absolute atomic E-state index is 0.0168. The molecule has 20 heavy (non-hydrogen) atoms. The van der Waals surface area contributed by atoms with Gasteiger partial charge in [-0.25, -0.2) is 4.68 Å². The molecular weight excluding hydrogens is 254 g/mol. The number of oxime groups is 1. The van der Waals surface area contributed by atoms with Crippen LogP contribution in [0.2, 0.25) is 0 Å². The van der Waals surface area contributed by atoms with Crippen LogP contribution in [0.25, 0.3) is 5.69 Å². The first-order valence-corrected chi connectivity index (χ1v) is 6.48. The zero-order valence-corrected chi connectivity index (χ0v) is 11.4. The molecule has 106 valence electrons. The van der Waals surface area contributed by atoms with Gasteiger partial charge in [-0.05, 0) is 17.7 Å². The highest BCUT2D eigenvalue weighted by Crippen LogP contribution is 2.13. The Kier molecular flexibility index (Phi) is 4.73. The summed E-state index contributed by atoms with van der Waals surface area (Å²) in [6.45, 7) is 3.24. The quantitative estimate of drug-likeness (QED) is 0.321. The predicted molar refractivity (Wildman–Crippen MR) is 77.8 cm³/mol. The molecule has 0 amide bonds. The predicted octanol–water partition coefficient (Wildman–Crippen LogP) is 1.34. The van der Waals surface area contributed by atoms with Crippen LogP contribution < -0.4 is 11.1 Å². The summed E-state index contributed by atoms with van der Waals surface area (Å²) in [6.07, 6.45) is 3.67. The van der Waals surface area contributed by atoms with Crippen molar-refractivity contribution in [3.63, 3.8) is 0 Å². The molecule has 0 aliphatic heterocycles. The molecule has 6 nitrogen and oxygen atoms in total. The first kappa shape index (κ1) is 14.1. The summed E-state index contributed by atoms with van der Waals surface area (Å²) in [4.78, 5) is 0. The Morgan fingerprint density at radius 2 is 2.25 bits per heavy atom. The van der Waals surface area contributed by atoms with Crippen LogP contribution in [-0.2, 0) is 6.54 Å². The SMILES string of the molecule is CC(CNCc1ccccc1-n1cccn1)C(N)=NO. The Hall–Kier alpha value is -2.34. The Bertz CT molecular complexity index is 565. The molecule has 0 saturated carbocycles. The summed E-state index contributed by atoms with van der Waals surface area (Å²) in [6, 6.07) is 9.95. The Labute approximate surface area is 117 Å². The lowest BCUT2D eigenvalue weighted by Crippen LogP contribution is -2.31. The number of para-hydroxylation sites is 1. The van der Waals surface area contributed by atoms with Crippen LogP contribution >= 0.6 is 0 Å². The smallest absolute Gasteiger partial charge is 0.143 e. The highest BCUT2D eigenvalue weighted by Gasteiger charge is 2.08. The molecule has 0 radical (unpaired) electrons. The van der Waals surface area contributed by atoms with Gasteiger partial charge in [0.25, 0.3) is 0 Å². The molecular formula is C14H19N5O. The van der Waals surface area contributed by atoms with Crippen LogP contribution in [0.3, 0.4) is 0 Å². The van der Waals surface area contributed by atoms with E-state index in [0.29, 0.717) is 13.1 Å². The van der Waals surface area contributed by atoms with Crippen LogP contribution in [-0.4, -0.2) is 27.4 Å². The van der Waals surface area contributed by atoms with Gasteiger partial charge in [0.15, 0.2) is 0 Å². The molecule has 1 heterocycles. The van der Waals surface area contributed by atoms with Crippen LogP contribution in [0.15, 0.2) is 47.9 Å². The second kappa shape index (κ2) is 6.72. The second-order valence-corrected chi connectivity index (χ2v) is 4.64. The first-order chi connectivity index (χ1) is 9.72. The van der Waals surface area contributed by atoms with Crippen LogP contribution in [0.4, 0.5) is 0 Å². The van der Waals surface area contributed by atoms with Gasteiger partial charge >= 0.3 is 0 Å². The number of nitrogens with two attached hydrogens (primary N) is 1. The lowest BCUT2D eigenvalue weighted by atomic mass is 10.1. The second-order valence-electron chi connectivity index (χ2n) is 4.64. The van der Waals surface area contributed by atoms with Gasteiger partial charge in [0.05, 0.1) is 5.69 Å². The zero-order valence-electron chi connectivity index (χ0n) is 11.4. The molecule has 0 saturated heterocycles. The summed E-state index contributed by atoms with van der Waals surface area (Å²) in [7, 11) is 0. The van der Waals surface area contributed by atoms with E-state index in [-0.39, 0.29) is 11.8 Å². The van der Waals surface area contributed by atoms with Crippen molar-refractivity contribution in [1.29, 1.82) is 0 Å². The van der Waals surface area contributed by atoms with Crippen LogP contribution in [0, 0.1) is 5.92 Å². The van der Waals surface area contributed by atoms with Crippen molar-refractivity contribution in [2.75, 3.05) is 6.54 Å². The maximum Gasteiger partial charge on any atom is 0.143 e. The van der Waals surface area contributed by atoms with Crippen molar-refractivity contribution in [1.82, 2.24) is 15.1 Å². The topological polar surface area (TPSA) is 88.5 Å². The fourth-order valence-electron chi connectivity index (χ4n) is 1.92. The molecule has 0 aliphatic rings. The average molecular weight is 273 g/mol. The minimum Gasteiger partial charge on any atom is -0.409 e. The van der Waals surface area contributed by atoms with E-state index in [1.165, 1.54) is 0 Å². The largest absolute Gasteiger partial charge is 0.409 e. The Morgan fingerprint density at radius 3 is 2.95 bits per heavy atom. The number of rotatable bonds is 6. The monoisotopic (exact) mass is 273 g/mol. The van der Waals surface area contributed by atoms with E-state index in [2.05, 4.69) is 21.6 Å². The molecule has 1 unspecified atom stereocenters. The van der Waals surface area contributed by atoms with E-state index in [0.717, 1.165) is 11.3 Å². The third kappa shape index (κ3) is 3.36. The Balaban J connectivity index is 2.00. The van der Waals surface area contributed by atoms with E-state index in [4.69, 9.17) is 10.9 Å². The summed E-state index contributed by atoms with van der Waals surface area (Å²) in [5, 5.41) is 19.2. The lowest BCUT2D eigenvalue weighted by molar-refractivity contribution is 0.314. The van der Waals surface area contributed by atoms with Gasteiger partial charge in [-0.2, -0.15) is 5.10 Å². The third-order valence-corrected chi connectivity index (χ3v) is 3.13. The molecule has 0 spiro atoms. The molecule has 2 aromatic rings. The molecule has 1 aromatic heterocycles. The molecule has 0 bridgehead atoms. The van der Waals surface area contributed by atoms with E-state index < -0.39 is 0 Å². The fourth-order valence-corrected chi connectivity index (χ4v) is 1.92. The number of aromatic nitrogens is 2. The van der Waals surface area contributed by atoms with Gasteiger partial charge in [-0.3, -0.25) is 0 Å². The normalized spacial score (nSPS) is 13.3. The van der Waals surface area contributed by atoms with Crippen LogP contribution in [0.5, 0.6) is 0 Å². The molecule has 1 aromatic carbocycles. The van der Waals surface area contributed by atoms with Gasteiger partial charge in [-0.1, -0.05) is 30.3 Å². The molecule has 6 heteroatoms. The maximum absolute atomic E-state index is 8.61. The molecule has 2 rings (SSSR count). The average Bonchev–Trinajstić information content (AvgIpc) is 3.00. The highest BCUT2D eigenvalue weighted by molar-refractivity contribution is 5.82. The summed E-state index contributed by atoms with van der Waals surface area (Å²) in [5.41, 5.74) is 7.73. The van der Waals surface area contributed by atoms with Crippen molar-refractivity contribution < 1.29 is 5.21 Å². The standard InChI is InChI=1S/C14H19N5O/c1-11(14(15)18-20)9-16-10-12-5-2-3-6-13(12)19-8-4-7-17-19/h2-8,11,16,20H,9-10H2,1H3,(H2,15,18). The van der Waals surface area contributed by atoms with E-state index in [1.807, 2.05) is 42.1 Å². The molecule has 1 atom stereocenters. The van der Waals surface area contributed by atoms with Crippen molar-refractivity contribution in [2.45, 2.75) is 13.5 Å². The molecule has 0 fully saturated rings. The van der Waals surface area contributed by atoms with Gasteiger partial charge in [-0.15, -0.1) is 0 Å². The third-order valence-electron chi connectivity index (χ3n) is 3.13. The minimum atomic E-state index is -0.0168. The maximum atomic E-state index is 8.61. The van der Waals surface area contributed by atoms with E-state index in [1.54, 1.807) is 6.20 Å². The summed E-state index contributed by atoms with van der Waals surface area (Å²) >= 11 is 0. The number of nitrogens with zero attached hydrogens (tertiary/aromatic N) is 3. The molecule has 0 aliphatic carbocycles. The first-order valence-electron chi connectivity index (χ1n) is 6.48. The molecule has 4 N–H and O–H groups in total. The van der Waals surface area contributed by atoms with Gasteiger partial charge in [0.2, 0.25) is 0 Å². The lowest BCUT2D eigenvalue weighted by Gasteiger charge is -2.13. The van der Waals surface area contributed by atoms with Crippen LogP contribution in [0.1, 0.15) is 12.5 Å². The van der Waals surface area contributed by atoms with Crippen molar-refractivity contribution in [2.24, 2.45) is 16.8 Å². The van der Waals surface area contributed by atoms with Gasteiger partial charge in [0, 0.05) is 31.4 Å². The van der Waals surface area contributed by atoms with Crippen molar-refractivity contribution in [3.05, 3.63) is 48.3 Å². The summed E-state index contributed by atoms with van der Waals surface area (Å²) < 4.78 is 1.84. The number of benzene rings is 1. The van der Waals surface area contributed by atoms with E-state index >= 15 is 0 Å². The Morgan fingerprint density at radius 1 is 1.45 bits per heavy atom. The number of hydrogen-bond donors (Lipinski definition) is 3. The van der Waals surface area contributed by atoms with Gasteiger partial charge in [0.1, 0.15) is 5.84 Å². The van der Waals surface area contributed by atoms with E-state index in [9.17, 15) is 0 Å². The summed E-state index contributed by atoms with van der Waals surface area (Å²) in [5.74, 6) is 0.217. The van der Waals surface area contributed by atoms with Crippen molar-refractivity contribution in [3.8, 4) is 5.69 Å². The zero-order chi connectivity index (χ0) is 14.4. The number of nitrogens with one attached hydrogen (secondary N) is 1. The number of amidine groups is 1. The highest BCUT2D eigenvalue weighted by atomic mass is 16.4.